The number of hydrogen-bond donors (Lipinski definition) is 2. The van der Waals surface area contributed by atoms with Gasteiger partial charge in [0.05, 0.1) is 0 Å². The minimum Gasteiger partial charge on any atom is -0.507 e. The number of aromatic hydroxyl groups is 2. The molecule has 0 saturated carbocycles. The Labute approximate surface area is 266 Å². The summed E-state index contributed by atoms with van der Waals surface area (Å²) in [5.74, 6) is 0.00302. The van der Waals surface area contributed by atoms with Crippen molar-refractivity contribution in [2.24, 2.45) is 0 Å². The van der Waals surface area contributed by atoms with E-state index < -0.39 is 6.10 Å². The van der Waals surface area contributed by atoms with Gasteiger partial charge in [-0.3, -0.25) is 9.59 Å². The maximum absolute atomic E-state index is 12.8. The number of benzene rings is 2. The first kappa shape index (κ1) is 37.2. The minimum atomic E-state index is -0.511. The number of esters is 2. The molecule has 0 aliphatic rings. The van der Waals surface area contributed by atoms with E-state index in [0.717, 1.165) is 52.6 Å². The van der Waals surface area contributed by atoms with Gasteiger partial charge in [-0.25, -0.2) is 0 Å². The summed E-state index contributed by atoms with van der Waals surface area (Å²) < 4.78 is 11.2. The summed E-state index contributed by atoms with van der Waals surface area (Å²) in [6, 6.07) is 7.98. The molecular formula is C38H58O6. The Bertz CT molecular complexity index is 1230. The molecule has 0 amide bonds. The largest absolute Gasteiger partial charge is 0.507 e. The number of carbonyl (C=O) groups is 2. The molecule has 2 rings (SSSR count). The Hall–Kier alpha value is -3.02. The number of ether oxygens (including phenoxy) is 2. The maximum Gasteiger partial charge on any atom is 0.306 e. The lowest BCUT2D eigenvalue weighted by molar-refractivity contribution is -0.159. The molecule has 246 valence electrons. The molecule has 0 bridgehead atoms. The highest BCUT2D eigenvalue weighted by Gasteiger charge is 2.27. The molecule has 2 aromatic carbocycles. The lowest BCUT2D eigenvalue weighted by atomic mass is 9.78. The van der Waals surface area contributed by atoms with Crippen LogP contribution in [0.1, 0.15) is 142 Å². The normalized spacial score (nSPS) is 13.1. The van der Waals surface area contributed by atoms with Crippen molar-refractivity contribution >= 4 is 11.9 Å². The number of carbonyl (C=O) groups excluding carboxylic acids is 2. The SMILES string of the molecule is CCCCc1cc(CCC(=O)OCC(CC)OC(=O)CCc2cc(C(C)(C)C)c(O)c(C(C)(C)C)c2)cc(C(C)(C)C)c1O. The zero-order valence-electron chi connectivity index (χ0n) is 29.3. The fourth-order valence-electron chi connectivity index (χ4n) is 5.25. The van der Waals surface area contributed by atoms with Gasteiger partial charge in [-0.05, 0) is 81.7 Å². The van der Waals surface area contributed by atoms with Crippen LogP contribution in [0.4, 0.5) is 0 Å². The minimum absolute atomic E-state index is 0.0210. The quantitative estimate of drug-likeness (QED) is 0.220. The summed E-state index contributed by atoms with van der Waals surface area (Å²) in [5, 5.41) is 21.8. The molecule has 0 fully saturated rings. The Kier molecular flexibility index (Phi) is 12.9. The molecule has 1 unspecified atom stereocenters. The van der Waals surface area contributed by atoms with E-state index in [1.54, 1.807) is 0 Å². The van der Waals surface area contributed by atoms with Crippen LogP contribution in [-0.4, -0.2) is 34.9 Å². The van der Waals surface area contributed by atoms with Crippen LogP contribution in [0.5, 0.6) is 11.5 Å². The van der Waals surface area contributed by atoms with Gasteiger partial charge < -0.3 is 19.7 Å². The van der Waals surface area contributed by atoms with Crippen LogP contribution in [0.15, 0.2) is 24.3 Å². The van der Waals surface area contributed by atoms with Crippen LogP contribution < -0.4 is 0 Å². The molecule has 0 aromatic heterocycles. The van der Waals surface area contributed by atoms with E-state index in [4.69, 9.17) is 9.47 Å². The maximum atomic E-state index is 12.8. The second kappa shape index (κ2) is 15.3. The van der Waals surface area contributed by atoms with Crippen LogP contribution in [0.2, 0.25) is 0 Å². The molecule has 0 aliphatic carbocycles. The second-order valence-corrected chi connectivity index (χ2v) is 15.2. The average Bonchev–Trinajstić information content (AvgIpc) is 2.91. The van der Waals surface area contributed by atoms with Gasteiger partial charge in [-0.1, -0.05) is 107 Å². The lowest BCUT2D eigenvalue weighted by Crippen LogP contribution is -2.25. The highest BCUT2D eigenvalue weighted by molar-refractivity contribution is 5.71. The van der Waals surface area contributed by atoms with Gasteiger partial charge in [0.1, 0.15) is 24.2 Å². The van der Waals surface area contributed by atoms with E-state index in [0.29, 0.717) is 30.8 Å². The molecule has 6 nitrogen and oxygen atoms in total. The smallest absolute Gasteiger partial charge is 0.306 e. The van der Waals surface area contributed by atoms with Gasteiger partial charge >= 0.3 is 11.9 Å². The Morgan fingerprint density at radius 3 is 1.59 bits per heavy atom. The second-order valence-electron chi connectivity index (χ2n) is 15.2. The number of aryl methyl sites for hydroxylation is 3. The van der Waals surface area contributed by atoms with E-state index >= 15 is 0 Å². The van der Waals surface area contributed by atoms with Crippen LogP contribution in [0, 0.1) is 0 Å². The number of unbranched alkanes of at least 4 members (excludes halogenated alkanes) is 1. The van der Waals surface area contributed by atoms with Crippen molar-refractivity contribution in [3.63, 3.8) is 0 Å². The van der Waals surface area contributed by atoms with Crippen molar-refractivity contribution < 1.29 is 29.3 Å². The first-order valence-electron chi connectivity index (χ1n) is 16.3. The van der Waals surface area contributed by atoms with E-state index in [2.05, 4.69) is 69.2 Å². The molecule has 2 N–H and O–H groups in total. The Morgan fingerprint density at radius 2 is 1.14 bits per heavy atom. The molecule has 2 aromatic rings. The van der Waals surface area contributed by atoms with E-state index in [1.165, 1.54) is 0 Å². The number of phenolic OH excluding ortho intramolecular Hbond substituents is 2. The van der Waals surface area contributed by atoms with E-state index in [9.17, 15) is 19.8 Å². The third-order valence-electron chi connectivity index (χ3n) is 8.06. The molecular weight excluding hydrogens is 552 g/mol. The van der Waals surface area contributed by atoms with E-state index in [1.807, 2.05) is 31.2 Å². The predicted octanol–water partition coefficient (Wildman–Crippen LogP) is 8.76. The average molecular weight is 611 g/mol. The molecule has 0 aliphatic heterocycles. The third kappa shape index (κ3) is 10.9. The third-order valence-corrected chi connectivity index (χ3v) is 8.06. The first-order chi connectivity index (χ1) is 20.3. The summed E-state index contributed by atoms with van der Waals surface area (Å²) in [6.07, 6.45) is 4.26. The van der Waals surface area contributed by atoms with Gasteiger partial charge in [-0.15, -0.1) is 0 Å². The standard InChI is InChI=1S/C38H58O6/c1-12-14-15-27-20-25(21-29(34(27)41)36(3,4)5)16-18-32(39)43-24-28(13-2)44-33(40)19-17-26-22-30(37(6,7)8)35(42)31(23-26)38(9,10)11/h20-23,28,41-42H,12-19,24H2,1-11H3. The van der Waals surface area contributed by atoms with Crippen molar-refractivity contribution in [2.45, 2.75) is 150 Å². The fraction of sp³-hybridized carbons (Fsp3) is 0.632. The number of hydrogen-bond acceptors (Lipinski definition) is 6. The molecule has 0 spiro atoms. The highest BCUT2D eigenvalue weighted by Crippen LogP contribution is 2.40. The predicted molar refractivity (Wildman–Crippen MR) is 179 cm³/mol. The van der Waals surface area contributed by atoms with Gasteiger partial charge in [-0.2, -0.15) is 0 Å². The highest BCUT2D eigenvalue weighted by atomic mass is 16.6. The summed E-state index contributed by atoms with van der Waals surface area (Å²) in [4.78, 5) is 25.4. The zero-order valence-corrected chi connectivity index (χ0v) is 29.3. The van der Waals surface area contributed by atoms with Crippen LogP contribution in [0.25, 0.3) is 0 Å². The van der Waals surface area contributed by atoms with E-state index in [-0.39, 0.29) is 47.6 Å². The lowest BCUT2D eigenvalue weighted by Gasteiger charge is -2.28. The van der Waals surface area contributed by atoms with Crippen LogP contribution in [0.3, 0.4) is 0 Å². The first-order valence-corrected chi connectivity index (χ1v) is 16.3. The van der Waals surface area contributed by atoms with Crippen molar-refractivity contribution in [3.05, 3.63) is 57.6 Å². The van der Waals surface area contributed by atoms with Crippen molar-refractivity contribution in [1.82, 2.24) is 0 Å². The summed E-state index contributed by atoms with van der Waals surface area (Å²) in [6.45, 7) is 22.7. The number of phenols is 2. The number of rotatable bonds is 13. The van der Waals surface area contributed by atoms with Gasteiger partial charge in [0.2, 0.25) is 0 Å². The van der Waals surface area contributed by atoms with Crippen molar-refractivity contribution in [1.29, 1.82) is 0 Å². The molecule has 6 heteroatoms. The molecule has 44 heavy (non-hydrogen) atoms. The van der Waals surface area contributed by atoms with Gasteiger partial charge in [0.25, 0.3) is 0 Å². The van der Waals surface area contributed by atoms with Gasteiger partial charge in [0, 0.05) is 12.8 Å². The molecule has 0 heterocycles. The topological polar surface area (TPSA) is 93.1 Å². The zero-order chi connectivity index (χ0) is 33.5. The van der Waals surface area contributed by atoms with Crippen LogP contribution >= 0.6 is 0 Å². The Morgan fingerprint density at radius 1 is 0.682 bits per heavy atom. The summed E-state index contributed by atoms with van der Waals surface area (Å²) >= 11 is 0. The van der Waals surface area contributed by atoms with Gasteiger partial charge in [0.15, 0.2) is 0 Å². The molecule has 0 radical (unpaired) electrons. The Balaban J connectivity index is 1.98. The monoisotopic (exact) mass is 610 g/mol. The summed E-state index contributed by atoms with van der Waals surface area (Å²) in [5.41, 5.74) is 4.84. The molecule has 1 atom stereocenters. The van der Waals surface area contributed by atoms with Crippen molar-refractivity contribution in [3.8, 4) is 11.5 Å². The van der Waals surface area contributed by atoms with Crippen LogP contribution in [-0.2, 0) is 54.6 Å². The van der Waals surface area contributed by atoms with Crippen molar-refractivity contribution in [2.75, 3.05) is 6.61 Å². The fourth-order valence-corrected chi connectivity index (χ4v) is 5.25. The summed E-state index contributed by atoms with van der Waals surface area (Å²) in [7, 11) is 0. The molecule has 0 saturated heterocycles.